The van der Waals surface area contributed by atoms with Crippen molar-refractivity contribution in [3.05, 3.63) is 28.7 Å². The molecule has 4 rings (SSSR count). The molecule has 0 spiro atoms. The van der Waals surface area contributed by atoms with Gasteiger partial charge in [-0.05, 0) is 45.6 Å². The van der Waals surface area contributed by atoms with Crippen LogP contribution in [0.4, 0.5) is 0 Å². The zero-order chi connectivity index (χ0) is 17.4. The van der Waals surface area contributed by atoms with Gasteiger partial charge >= 0.3 is 0 Å². The molecule has 0 aromatic carbocycles. The molecular formula is C17H23N5O3. The topological polar surface area (TPSA) is 97.3 Å². The molecule has 8 heteroatoms. The molecule has 2 aromatic heterocycles. The van der Waals surface area contributed by atoms with Crippen LogP contribution in [0.15, 0.2) is 9.05 Å². The minimum atomic E-state index is -0.245. The van der Waals surface area contributed by atoms with Crippen LogP contribution >= 0.6 is 0 Å². The molecule has 0 bridgehead atoms. The summed E-state index contributed by atoms with van der Waals surface area (Å²) < 4.78 is 10.7. The van der Waals surface area contributed by atoms with Crippen molar-refractivity contribution in [3.8, 4) is 0 Å². The van der Waals surface area contributed by atoms with Crippen molar-refractivity contribution in [2.24, 2.45) is 0 Å². The lowest BCUT2D eigenvalue weighted by Gasteiger charge is -2.21. The number of nitrogens with zero attached hydrogens (tertiary/aromatic N) is 4. The van der Waals surface area contributed by atoms with Crippen LogP contribution in [0.25, 0.3) is 0 Å². The summed E-state index contributed by atoms with van der Waals surface area (Å²) in [4.78, 5) is 18.7. The van der Waals surface area contributed by atoms with Gasteiger partial charge in [0.25, 0.3) is 11.7 Å². The molecule has 0 radical (unpaired) electrons. The highest BCUT2D eigenvalue weighted by molar-refractivity contribution is 5.90. The van der Waals surface area contributed by atoms with Crippen molar-refractivity contribution in [2.75, 3.05) is 6.54 Å². The smallest absolute Gasteiger partial charge is 0.292 e. The second kappa shape index (κ2) is 6.59. The molecule has 1 saturated heterocycles. The van der Waals surface area contributed by atoms with Crippen LogP contribution in [-0.2, 0) is 13.0 Å². The first-order chi connectivity index (χ1) is 12.2. The predicted octanol–water partition coefficient (Wildman–Crippen LogP) is 2.16. The number of likely N-dealkylation sites (tertiary alicyclic amines) is 1. The third-order valence-electron chi connectivity index (χ3n) is 4.97. The Labute approximate surface area is 145 Å². The van der Waals surface area contributed by atoms with Crippen molar-refractivity contribution < 1.29 is 13.8 Å². The molecule has 25 heavy (non-hydrogen) atoms. The molecule has 2 aromatic rings. The minimum Gasteiger partial charge on any atom is -0.361 e. The van der Waals surface area contributed by atoms with E-state index in [1.54, 1.807) is 0 Å². The molecule has 3 heterocycles. The average Bonchev–Trinajstić information content (AvgIpc) is 3.03. The number of aryl methyl sites for hydroxylation is 2. The fourth-order valence-electron chi connectivity index (χ4n) is 3.36. The van der Waals surface area contributed by atoms with Crippen LogP contribution in [0, 0.1) is 6.92 Å². The first-order valence-corrected chi connectivity index (χ1v) is 8.98. The zero-order valence-electron chi connectivity index (χ0n) is 14.6. The number of aromatic nitrogens is 3. The lowest BCUT2D eigenvalue weighted by Crippen LogP contribution is -2.27. The molecule has 1 atom stereocenters. The summed E-state index contributed by atoms with van der Waals surface area (Å²) in [6, 6.07) is 0.315. The van der Waals surface area contributed by atoms with Gasteiger partial charge in [0, 0.05) is 18.2 Å². The Morgan fingerprint density at radius 1 is 1.28 bits per heavy atom. The van der Waals surface area contributed by atoms with E-state index < -0.39 is 0 Å². The van der Waals surface area contributed by atoms with E-state index in [-0.39, 0.29) is 23.8 Å². The Morgan fingerprint density at radius 3 is 2.88 bits per heavy atom. The Morgan fingerprint density at radius 2 is 2.12 bits per heavy atom. The zero-order valence-corrected chi connectivity index (χ0v) is 14.6. The molecule has 1 aliphatic heterocycles. The molecule has 1 N–H and O–H groups in total. The minimum absolute atomic E-state index is 0.0361. The van der Waals surface area contributed by atoms with Crippen LogP contribution in [0.5, 0.6) is 0 Å². The number of amides is 1. The first-order valence-electron chi connectivity index (χ1n) is 8.98. The Bertz CT molecular complexity index is 764. The van der Waals surface area contributed by atoms with Gasteiger partial charge < -0.3 is 14.4 Å². The number of hydrogen-bond donors (Lipinski definition) is 1. The van der Waals surface area contributed by atoms with Crippen molar-refractivity contribution in [2.45, 2.75) is 64.6 Å². The Balaban J connectivity index is 1.48. The first kappa shape index (κ1) is 16.3. The molecule has 8 nitrogen and oxygen atoms in total. The molecule has 0 unspecified atom stereocenters. The van der Waals surface area contributed by atoms with Crippen molar-refractivity contribution in [1.29, 1.82) is 0 Å². The highest BCUT2D eigenvalue weighted by Crippen LogP contribution is 2.33. The monoisotopic (exact) mass is 345 g/mol. The summed E-state index contributed by atoms with van der Waals surface area (Å²) in [7, 11) is 0. The van der Waals surface area contributed by atoms with E-state index in [9.17, 15) is 4.79 Å². The quantitative estimate of drug-likeness (QED) is 0.856. The van der Waals surface area contributed by atoms with E-state index in [2.05, 4.69) is 32.4 Å². The van der Waals surface area contributed by atoms with Gasteiger partial charge in [-0.15, -0.1) is 0 Å². The van der Waals surface area contributed by atoms with Gasteiger partial charge in [-0.2, -0.15) is 4.98 Å². The fraction of sp³-hybridized carbons (Fsp3) is 0.647. The van der Waals surface area contributed by atoms with Gasteiger partial charge in [0.05, 0.1) is 11.7 Å². The summed E-state index contributed by atoms with van der Waals surface area (Å²) in [5.74, 6) is 1.26. The molecule has 1 aliphatic carbocycles. The summed E-state index contributed by atoms with van der Waals surface area (Å²) in [5.41, 5.74) is 2.14. The third-order valence-corrected chi connectivity index (χ3v) is 4.97. The van der Waals surface area contributed by atoms with E-state index >= 15 is 0 Å². The van der Waals surface area contributed by atoms with E-state index in [0.717, 1.165) is 62.2 Å². The molecule has 2 fully saturated rings. The van der Waals surface area contributed by atoms with Gasteiger partial charge in [-0.3, -0.25) is 9.69 Å². The Kier molecular flexibility index (Phi) is 4.29. The van der Waals surface area contributed by atoms with Gasteiger partial charge in [0.1, 0.15) is 5.76 Å². The number of carbonyl (C=O) groups excluding carboxylic acids is 1. The number of rotatable bonds is 6. The summed E-state index contributed by atoms with van der Waals surface area (Å²) >= 11 is 0. The van der Waals surface area contributed by atoms with Gasteiger partial charge in [0.15, 0.2) is 0 Å². The normalized spacial score (nSPS) is 21.0. The molecule has 1 amide bonds. The number of nitrogens with one attached hydrogen (secondary N) is 1. The van der Waals surface area contributed by atoms with E-state index in [4.69, 9.17) is 9.05 Å². The largest absolute Gasteiger partial charge is 0.361 e. The molecule has 1 saturated carbocycles. The number of hydrogen-bond acceptors (Lipinski definition) is 7. The molecule has 134 valence electrons. The molecular weight excluding hydrogens is 322 g/mol. The van der Waals surface area contributed by atoms with Crippen LogP contribution in [0.1, 0.15) is 72.2 Å². The maximum Gasteiger partial charge on any atom is 0.292 e. The SMILES string of the molecule is CCc1noc(C)c1CN1CCC[C@H]1c1nc(C(=O)NC2CC2)no1. The van der Waals surface area contributed by atoms with E-state index in [1.165, 1.54) is 0 Å². The molecule has 2 aliphatic rings. The fourth-order valence-corrected chi connectivity index (χ4v) is 3.36. The predicted molar refractivity (Wildman–Crippen MR) is 87.8 cm³/mol. The Hall–Kier alpha value is -2.22. The summed E-state index contributed by atoms with van der Waals surface area (Å²) in [6.07, 6.45) is 4.91. The third kappa shape index (κ3) is 3.30. The van der Waals surface area contributed by atoms with E-state index in [0.29, 0.717) is 5.89 Å². The van der Waals surface area contributed by atoms with Gasteiger partial charge in [-0.25, -0.2) is 0 Å². The van der Waals surface area contributed by atoms with Gasteiger partial charge in [0.2, 0.25) is 5.89 Å². The van der Waals surface area contributed by atoms with Crippen LogP contribution in [0.2, 0.25) is 0 Å². The standard InChI is InChI=1S/C17H23N5O3/c1-3-13-12(10(2)24-20-13)9-22-8-4-5-14(22)17-19-15(21-25-17)16(23)18-11-6-7-11/h11,14H,3-9H2,1-2H3,(H,18,23)/t14-/m0/s1. The maximum atomic E-state index is 12.1. The highest BCUT2D eigenvalue weighted by Gasteiger charge is 2.33. The summed E-state index contributed by atoms with van der Waals surface area (Å²) in [5, 5.41) is 10.9. The second-order valence-electron chi connectivity index (χ2n) is 6.85. The lowest BCUT2D eigenvalue weighted by molar-refractivity contribution is 0.0937. The lowest BCUT2D eigenvalue weighted by atomic mass is 10.1. The van der Waals surface area contributed by atoms with Crippen LogP contribution in [-0.4, -0.2) is 38.7 Å². The second-order valence-corrected chi connectivity index (χ2v) is 6.85. The summed E-state index contributed by atoms with van der Waals surface area (Å²) in [6.45, 7) is 5.71. The van der Waals surface area contributed by atoms with E-state index in [1.807, 2.05) is 6.92 Å². The van der Waals surface area contributed by atoms with Crippen LogP contribution < -0.4 is 5.32 Å². The van der Waals surface area contributed by atoms with Crippen molar-refractivity contribution in [3.63, 3.8) is 0 Å². The highest BCUT2D eigenvalue weighted by atomic mass is 16.5. The van der Waals surface area contributed by atoms with Crippen molar-refractivity contribution >= 4 is 5.91 Å². The van der Waals surface area contributed by atoms with Crippen LogP contribution in [0.3, 0.4) is 0 Å². The maximum absolute atomic E-state index is 12.1. The van der Waals surface area contributed by atoms with Gasteiger partial charge in [-0.1, -0.05) is 17.2 Å². The van der Waals surface area contributed by atoms with Crippen molar-refractivity contribution in [1.82, 2.24) is 25.5 Å². The average molecular weight is 345 g/mol. The number of carbonyl (C=O) groups is 1.